The molecule has 294 valence electrons. The number of aliphatic hydroxyl groups excluding tert-OH is 1. The summed E-state index contributed by atoms with van der Waals surface area (Å²) in [6.45, 7) is -1.25. The van der Waals surface area contributed by atoms with E-state index in [0.717, 1.165) is 15.4 Å². The minimum atomic E-state index is -1.52. The van der Waals surface area contributed by atoms with Crippen LogP contribution >= 0.6 is 12.2 Å². The van der Waals surface area contributed by atoms with Crippen LogP contribution < -0.4 is 42.3 Å². The fourth-order valence-corrected chi connectivity index (χ4v) is 5.48. The van der Waals surface area contributed by atoms with E-state index in [4.69, 9.17) is 12.2 Å². The number of benzene rings is 1. The Labute approximate surface area is 320 Å². The molecule has 1 unspecified atom stereocenters. The van der Waals surface area contributed by atoms with Gasteiger partial charge in [-0.05, 0) is 73.3 Å². The third-order valence-electron chi connectivity index (χ3n) is 7.83. The quantitative estimate of drug-likeness (QED) is 0.0581. The normalized spacial score (nSPS) is 11.4. The van der Waals surface area contributed by atoms with Crippen LogP contribution in [0, 0.1) is 11.8 Å². The van der Waals surface area contributed by atoms with Crippen molar-refractivity contribution < 1.29 is 44.7 Å². The molecule has 0 saturated heterocycles. The van der Waals surface area contributed by atoms with Gasteiger partial charge in [-0.15, -0.1) is 0 Å². The Morgan fingerprint density at radius 2 is 1.42 bits per heavy atom. The van der Waals surface area contributed by atoms with E-state index in [-0.39, 0.29) is 48.2 Å². The smallest absolute Gasteiger partial charge is 0.328 e. The van der Waals surface area contributed by atoms with Gasteiger partial charge in [0.25, 0.3) is 5.56 Å². The fourth-order valence-electron chi connectivity index (χ4n) is 5.29. The number of anilines is 1. The van der Waals surface area contributed by atoms with Gasteiger partial charge in [-0.2, -0.15) is 0 Å². The Kier molecular flexibility index (Phi) is 17.1. The first-order chi connectivity index (χ1) is 26.1. The number of aliphatic hydroxyl groups is 1. The van der Waals surface area contributed by atoms with Crippen LogP contribution in [0.1, 0.15) is 47.8 Å². The van der Waals surface area contributed by atoms with E-state index in [2.05, 4.69) is 32.4 Å². The lowest BCUT2D eigenvalue weighted by molar-refractivity contribution is -0.313. The zero-order valence-electron chi connectivity index (χ0n) is 29.8. The Morgan fingerprint density at radius 1 is 0.891 bits per heavy atom. The van der Waals surface area contributed by atoms with Crippen LogP contribution in [0.15, 0.2) is 52.2 Å². The predicted molar refractivity (Wildman–Crippen MR) is 192 cm³/mol. The minimum Gasteiger partial charge on any atom is -0.549 e. The molecule has 18 nitrogen and oxygen atoms in total. The highest BCUT2D eigenvalue weighted by atomic mass is 32.1. The van der Waals surface area contributed by atoms with Crippen molar-refractivity contribution in [2.75, 3.05) is 38.0 Å². The number of carboxylic acids is 4. The number of pyridine rings is 1. The van der Waals surface area contributed by atoms with Gasteiger partial charge in [0.2, 0.25) is 0 Å². The van der Waals surface area contributed by atoms with Gasteiger partial charge < -0.3 is 55.3 Å². The molecule has 0 spiro atoms. The van der Waals surface area contributed by atoms with Gasteiger partial charge >= 0.3 is 5.69 Å². The summed E-state index contributed by atoms with van der Waals surface area (Å²) in [7, 11) is 0. The summed E-state index contributed by atoms with van der Waals surface area (Å²) in [5, 5.41) is 60.9. The molecule has 1 atom stereocenters. The summed E-state index contributed by atoms with van der Waals surface area (Å²) in [4.78, 5) is 77.8. The maximum Gasteiger partial charge on any atom is 0.328 e. The number of aryl methyl sites for hydroxylation is 3. The number of H-pyrrole nitrogens is 1. The fraction of sp³-hybridized carbons (Fsp3) is 0.389. The molecular weight excluding hydrogens is 739 g/mol. The van der Waals surface area contributed by atoms with Crippen molar-refractivity contribution in [1.29, 1.82) is 0 Å². The summed E-state index contributed by atoms with van der Waals surface area (Å²) >= 11 is 5.34. The maximum atomic E-state index is 12.2. The second-order valence-corrected chi connectivity index (χ2v) is 12.8. The van der Waals surface area contributed by atoms with Gasteiger partial charge in [0.15, 0.2) is 5.11 Å². The molecule has 0 aliphatic rings. The van der Waals surface area contributed by atoms with E-state index in [0.29, 0.717) is 36.9 Å². The van der Waals surface area contributed by atoms with E-state index >= 15 is 0 Å². The van der Waals surface area contributed by atoms with Crippen LogP contribution in [0.25, 0.3) is 0 Å². The van der Waals surface area contributed by atoms with Crippen molar-refractivity contribution >= 4 is 46.9 Å². The Balaban J connectivity index is 1.66. The van der Waals surface area contributed by atoms with Gasteiger partial charge in [0, 0.05) is 57.7 Å². The molecule has 0 amide bonds. The third kappa shape index (κ3) is 16.3. The third-order valence-corrected chi connectivity index (χ3v) is 8.08. The molecule has 0 bridgehead atoms. The number of thiocarbonyl (C=S) groups is 1. The maximum absolute atomic E-state index is 12.2. The number of aromatic amines is 1. The summed E-state index contributed by atoms with van der Waals surface area (Å²) < 4.78 is 1.29. The average Bonchev–Trinajstić information content (AvgIpc) is 3.08. The lowest BCUT2D eigenvalue weighted by atomic mass is 10.0. The summed E-state index contributed by atoms with van der Waals surface area (Å²) in [5.41, 5.74) is 1.60. The van der Waals surface area contributed by atoms with Crippen LogP contribution in [0.4, 0.5) is 5.69 Å². The molecule has 2 heterocycles. The number of carbonyl (C=O) groups excluding carboxylic acids is 4. The Hall–Kier alpha value is -5.94. The van der Waals surface area contributed by atoms with E-state index < -0.39 is 67.4 Å². The lowest BCUT2D eigenvalue weighted by Crippen LogP contribution is -2.44. The molecule has 4 N–H and O–H groups in total. The summed E-state index contributed by atoms with van der Waals surface area (Å²) in [6.07, 6.45) is 2.58. The van der Waals surface area contributed by atoms with Crippen molar-refractivity contribution in [2.24, 2.45) is 0 Å². The van der Waals surface area contributed by atoms with E-state index in [9.17, 15) is 54.3 Å². The second-order valence-electron chi connectivity index (χ2n) is 12.4. The predicted octanol–water partition coefficient (Wildman–Crippen LogP) is -5.18. The number of hydrogen-bond acceptors (Lipinski definition) is 15. The van der Waals surface area contributed by atoms with Crippen LogP contribution in [-0.4, -0.2) is 97.3 Å². The zero-order valence-corrected chi connectivity index (χ0v) is 30.6. The largest absolute Gasteiger partial charge is 0.549 e. The second kappa shape index (κ2) is 21.7. The monoisotopic (exact) mass is 777 g/mol. The zero-order chi connectivity index (χ0) is 40.5. The van der Waals surface area contributed by atoms with Gasteiger partial charge in [0.1, 0.15) is 5.56 Å². The highest BCUT2D eigenvalue weighted by Crippen LogP contribution is 2.16. The first-order valence-electron chi connectivity index (χ1n) is 17.0. The number of aromatic nitrogens is 3. The van der Waals surface area contributed by atoms with Crippen molar-refractivity contribution in [2.45, 2.75) is 58.3 Å². The van der Waals surface area contributed by atoms with Gasteiger partial charge in [-0.25, -0.2) is 4.79 Å². The number of hydrogen-bond donors (Lipinski definition) is 4. The van der Waals surface area contributed by atoms with Crippen molar-refractivity contribution in [3.05, 3.63) is 91.5 Å². The summed E-state index contributed by atoms with van der Waals surface area (Å²) in [6, 6.07) is 10.5. The van der Waals surface area contributed by atoms with Gasteiger partial charge in [0.05, 0.1) is 47.9 Å². The van der Waals surface area contributed by atoms with Crippen molar-refractivity contribution in [1.82, 2.24) is 29.7 Å². The van der Waals surface area contributed by atoms with Crippen LogP contribution in [0.5, 0.6) is 0 Å². The van der Waals surface area contributed by atoms with E-state index in [1.165, 1.54) is 10.8 Å². The first-order valence-corrected chi connectivity index (χ1v) is 17.4. The molecule has 0 aliphatic carbocycles. The number of nitrogens with one attached hydrogen (secondary N) is 3. The molecule has 3 rings (SSSR count). The van der Waals surface area contributed by atoms with E-state index in [1.54, 1.807) is 24.3 Å². The van der Waals surface area contributed by atoms with Gasteiger partial charge in [-0.1, -0.05) is 30.9 Å². The average molecular weight is 778 g/mol. The molecule has 2 aromatic heterocycles. The number of nitrogens with zero attached hydrogens (tertiary/aromatic N) is 4. The SMILES string of the molecule is CCC(O)CCn1cc(C#CCNC(=S)Nc2ccc(CCc3cc(CN(CC(=O)[O-])CC(=O)[O-])nc(CN(CC(=O)[O-])CC(=O)[O-])c3)cc2)c(=O)[nH]c1=O. The van der Waals surface area contributed by atoms with Crippen LogP contribution in [-0.2, 0) is 51.7 Å². The first kappa shape index (κ1) is 43.5. The van der Waals surface area contributed by atoms with Crippen molar-refractivity contribution in [3.8, 4) is 11.8 Å². The molecule has 3 aromatic rings. The topological polar surface area (TPSA) is 279 Å². The number of rotatable bonds is 21. The van der Waals surface area contributed by atoms with Gasteiger partial charge in [-0.3, -0.25) is 29.1 Å². The van der Waals surface area contributed by atoms with Crippen molar-refractivity contribution in [3.63, 3.8) is 0 Å². The van der Waals surface area contributed by atoms with E-state index in [1.807, 2.05) is 19.1 Å². The molecule has 0 saturated carbocycles. The molecule has 0 fully saturated rings. The van der Waals surface area contributed by atoms with Crippen LogP contribution in [0.3, 0.4) is 0 Å². The Bertz CT molecular complexity index is 1930. The molecular formula is C36H39N7O11S-4. The lowest BCUT2D eigenvalue weighted by Gasteiger charge is -2.25. The highest BCUT2D eigenvalue weighted by molar-refractivity contribution is 7.80. The number of carboxylic acid groups (broad SMARTS) is 4. The standard InChI is InChI=1S/C36H43N7O11S/c1-2-29(44)11-13-43-16-25(34(53)40-36(43)54)4-3-12-37-35(55)39-26-9-7-23(8-10-26)5-6-24-14-27(17-41(19-30(45)46)20-31(47)48)38-28(15-24)18-42(21-32(49)50)22-33(51)52/h7-10,14-16,29,44H,2,5-6,11-13,17-22H2,1H3,(H,45,46)(H,47,48)(H,49,50)(H,51,52)(H2,37,39,55)(H,40,53,54)/p-4. The number of aliphatic carboxylic acids is 4. The minimum absolute atomic E-state index is 0.0861. The summed E-state index contributed by atoms with van der Waals surface area (Å²) in [5.74, 6) is -0.592. The molecule has 55 heavy (non-hydrogen) atoms. The molecule has 1 aromatic carbocycles. The Morgan fingerprint density at radius 3 is 1.93 bits per heavy atom. The highest BCUT2D eigenvalue weighted by Gasteiger charge is 2.14. The molecule has 19 heteroatoms. The molecule has 0 radical (unpaired) electrons. The molecule has 0 aliphatic heterocycles. The van der Waals surface area contributed by atoms with Crippen LogP contribution in [0.2, 0.25) is 0 Å². The number of carbonyl (C=O) groups is 4.